The van der Waals surface area contributed by atoms with Crippen LogP contribution in [0.1, 0.15) is 44.0 Å². The van der Waals surface area contributed by atoms with Gasteiger partial charge in [-0.05, 0) is 37.1 Å². The molecule has 0 spiro atoms. The van der Waals surface area contributed by atoms with Crippen LogP contribution in [0.15, 0.2) is 23.6 Å². The molecule has 6 heteroatoms. The summed E-state index contributed by atoms with van der Waals surface area (Å²) in [7, 11) is 0. The Balaban J connectivity index is 1.92. The second-order valence-electron chi connectivity index (χ2n) is 6.43. The number of carbonyl (C=O) groups excluding carboxylic acids is 1. The molecule has 0 unspecified atom stereocenters. The summed E-state index contributed by atoms with van der Waals surface area (Å²) >= 11 is 1.42. The first-order chi connectivity index (χ1) is 12.5. The topological polar surface area (TPSA) is 66.0 Å². The van der Waals surface area contributed by atoms with Crippen molar-refractivity contribution in [2.75, 3.05) is 17.2 Å². The van der Waals surface area contributed by atoms with E-state index >= 15 is 0 Å². The fraction of sp³-hybridized carbons (Fsp3) is 0.400. The number of nitrogens with zero attached hydrogens (tertiary/aromatic N) is 1. The minimum atomic E-state index is -0.306. The molecule has 1 aromatic heterocycles. The largest absolute Gasteiger partial charge is 0.325 e. The summed E-state index contributed by atoms with van der Waals surface area (Å²) in [6, 6.07) is 5.41. The van der Waals surface area contributed by atoms with Gasteiger partial charge >= 0.3 is 6.03 Å². The lowest BCUT2D eigenvalue weighted by Crippen LogP contribution is -2.20. The molecular weight excluding hydrogens is 344 g/mol. The van der Waals surface area contributed by atoms with Crippen LogP contribution in [-0.2, 0) is 6.54 Å². The molecule has 0 radical (unpaired) electrons. The average Bonchev–Trinajstić information content (AvgIpc) is 3.02. The SMILES string of the molecule is CCC#Cc1cc(NC(=O)Nc2nc(CNCC(C)C)cs2)ccc1C. The molecule has 0 saturated heterocycles. The number of anilines is 2. The number of hydrogen-bond donors (Lipinski definition) is 3. The van der Waals surface area contributed by atoms with Gasteiger partial charge < -0.3 is 10.6 Å². The highest BCUT2D eigenvalue weighted by Gasteiger charge is 2.08. The third-order valence-electron chi connectivity index (χ3n) is 3.53. The second-order valence-corrected chi connectivity index (χ2v) is 7.29. The molecule has 0 fully saturated rings. The highest BCUT2D eigenvalue weighted by molar-refractivity contribution is 7.13. The number of benzene rings is 1. The zero-order chi connectivity index (χ0) is 18.9. The number of aryl methyl sites for hydroxylation is 1. The smallest absolute Gasteiger partial charge is 0.311 e. The minimum Gasteiger partial charge on any atom is -0.311 e. The number of rotatable bonds is 6. The van der Waals surface area contributed by atoms with Crippen LogP contribution in [0, 0.1) is 24.7 Å². The van der Waals surface area contributed by atoms with Gasteiger partial charge in [0.15, 0.2) is 5.13 Å². The van der Waals surface area contributed by atoms with Gasteiger partial charge in [0.25, 0.3) is 0 Å². The van der Waals surface area contributed by atoms with E-state index in [0.29, 0.717) is 23.3 Å². The van der Waals surface area contributed by atoms with Crippen molar-refractivity contribution in [2.24, 2.45) is 5.92 Å². The van der Waals surface area contributed by atoms with Crippen LogP contribution in [0.3, 0.4) is 0 Å². The van der Waals surface area contributed by atoms with Gasteiger partial charge in [-0.2, -0.15) is 0 Å². The quantitative estimate of drug-likeness (QED) is 0.651. The van der Waals surface area contributed by atoms with E-state index in [0.717, 1.165) is 29.8 Å². The third kappa shape index (κ3) is 6.51. The van der Waals surface area contributed by atoms with E-state index < -0.39 is 0 Å². The molecule has 0 bridgehead atoms. The fourth-order valence-corrected chi connectivity index (χ4v) is 2.92. The summed E-state index contributed by atoms with van der Waals surface area (Å²) in [5.74, 6) is 6.77. The van der Waals surface area contributed by atoms with Gasteiger partial charge in [-0.25, -0.2) is 9.78 Å². The monoisotopic (exact) mass is 370 g/mol. The molecule has 2 rings (SSSR count). The summed E-state index contributed by atoms with van der Waals surface area (Å²) in [4.78, 5) is 16.6. The summed E-state index contributed by atoms with van der Waals surface area (Å²) in [5, 5.41) is 11.5. The lowest BCUT2D eigenvalue weighted by atomic mass is 10.1. The number of amides is 2. The van der Waals surface area contributed by atoms with Crippen molar-refractivity contribution in [2.45, 2.75) is 40.7 Å². The van der Waals surface area contributed by atoms with E-state index in [4.69, 9.17) is 0 Å². The second kappa shape index (κ2) is 9.95. The van der Waals surface area contributed by atoms with Crippen molar-refractivity contribution >= 4 is 28.2 Å². The van der Waals surface area contributed by atoms with E-state index in [-0.39, 0.29) is 6.03 Å². The zero-order valence-corrected chi connectivity index (χ0v) is 16.6. The number of urea groups is 1. The van der Waals surface area contributed by atoms with E-state index in [1.54, 1.807) is 0 Å². The summed E-state index contributed by atoms with van der Waals surface area (Å²) in [6.07, 6.45) is 0.802. The molecule has 2 amide bonds. The van der Waals surface area contributed by atoms with Gasteiger partial charge in [-0.15, -0.1) is 11.3 Å². The van der Waals surface area contributed by atoms with Crippen LogP contribution >= 0.6 is 11.3 Å². The highest BCUT2D eigenvalue weighted by Crippen LogP contribution is 2.17. The number of hydrogen-bond acceptors (Lipinski definition) is 4. The van der Waals surface area contributed by atoms with Crippen molar-refractivity contribution in [3.8, 4) is 11.8 Å². The van der Waals surface area contributed by atoms with Gasteiger partial charge in [0.2, 0.25) is 0 Å². The fourth-order valence-electron chi connectivity index (χ4n) is 2.21. The maximum absolute atomic E-state index is 12.2. The van der Waals surface area contributed by atoms with Gasteiger partial charge in [0, 0.05) is 29.6 Å². The minimum absolute atomic E-state index is 0.306. The van der Waals surface area contributed by atoms with Gasteiger partial charge in [-0.3, -0.25) is 5.32 Å². The van der Waals surface area contributed by atoms with Crippen LogP contribution in [0.25, 0.3) is 0 Å². The van der Waals surface area contributed by atoms with Crippen LogP contribution in [0.5, 0.6) is 0 Å². The Labute approximate surface area is 159 Å². The van der Waals surface area contributed by atoms with E-state index in [9.17, 15) is 4.79 Å². The molecule has 2 aromatic rings. The van der Waals surface area contributed by atoms with Crippen molar-refractivity contribution in [1.82, 2.24) is 10.3 Å². The van der Waals surface area contributed by atoms with Gasteiger partial charge in [0.05, 0.1) is 5.69 Å². The predicted molar refractivity (Wildman–Crippen MR) is 110 cm³/mol. The predicted octanol–water partition coefficient (Wildman–Crippen LogP) is 4.60. The molecule has 138 valence electrons. The molecule has 1 heterocycles. The lowest BCUT2D eigenvalue weighted by Gasteiger charge is -2.07. The van der Waals surface area contributed by atoms with E-state index in [1.807, 2.05) is 37.4 Å². The van der Waals surface area contributed by atoms with Crippen molar-refractivity contribution in [3.05, 3.63) is 40.4 Å². The number of thiazole rings is 1. The van der Waals surface area contributed by atoms with Crippen molar-refractivity contribution in [3.63, 3.8) is 0 Å². The first kappa shape index (κ1) is 20.0. The molecule has 1 aromatic carbocycles. The Morgan fingerprint density at radius 3 is 2.85 bits per heavy atom. The van der Waals surface area contributed by atoms with Crippen molar-refractivity contribution < 1.29 is 4.79 Å². The van der Waals surface area contributed by atoms with Crippen LogP contribution in [-0.4, -0.2) is 17.6 Å². The van der Waals surface area contributed by atoms with Gasteiger partial charge in [0.1, 0.15) is 0 Å². The Morgan fingerprint density at radius 1 is 1.31 bits per heavy atom. The Morgan fingerprint density at radius 2 is 2.12 bits per heavy atom. The summed E-state index contributed by atoms with van der Waals surface area (Å²) in [6.45, 7) is 9.99. The van der Waals surface area contributed by atoms with Crippen LogP contribution in [0.4, 0.5) is 15.6 Å². The number of carbonyl (C=O) groups is 1. The number of nitrogens with one attached hydrogen (secondary N) is 3. The molecule has 0 aliphatic carbocycles. The molecule has 0 aliphatic heterocycles. The first-order valence-electron chi connectivity index (χ1n) is 8.80. The van der Waals surface area contributed by atoms with E-state index in [1.165, 1.54) is 11.3 Å². The lowest BCUT2D eigenvalue weighted by molar-refractivity contribution is 0.262. The average molecular weight is 371 g/mol. The highest BCUT2D eigenvalue weighted by atomic mass is 32.1. The summed E-state index contributed by atoms with van der Waals surface area (Å²) in [5.41, 5.74) is 3.66. The molecule has 0 atom stereocenters. The summed E-state index contributed by atoms with van der Waals surface area (Å²) < 4.78 is 0. The maximum Gasteiger partial charge on any atom is 0.325 e. The van der Waals surface area contributed by atoms with Crippen LogP contribution < -0.4 is 16.0 Å². The normalized spacial score (nSPS) is 10.3. The Kier molecular flexibility index (Phi) is 7.64. The molecule has 26 heavy (non-hydrogen) atoms. The van der Waals surface area contributed by atoms with Crippen molar-refractivity contribution in [1.29, 1.82) is 0 Å². The molecule has 0 aliphatic rings. The molecule has 5 nitrogen and oxygen atoms in total. The Hall–Kier alpha value is -2.36. The standard InChI is InChI=1S/C20H26N4OS/c1-5-6-7-16-10-17(9-8-15(16)4)22-19(25)24-20-23-18(13-26-20)12-21-11-14(2)3/h8-10,13-14,21H,5,11-12H2,1-4H3,(H2,22,23,24,25). The van der Waals surface area contributed by atoms with Gasteiger partial charge in [-0.1, -0.05) is 38.7 Å². The molecular formula is C20H26N4OS. The number of aromatic nitrogens is 1. The van der Waals surface area contributed by atoms with E-state index in [2.05, 4.69) is 46.6 Å². The zero-order valence-electron chi connectivity index (χ0n) is 15.8. The third-order valence-corrected chi connectivity index (χ3v) is 4.33. The molecule has 3 N–H and O–H groups in total. The Bertz CT molecular complexity index is 802. The maximum atomic E-state index is 12.2. The molecule has 0 saturated carbocycles. The first-order valence-corrected chi connectivity index (χ1v) is 9.68. The van der Waals surface area contributed by atoms with Crippen LogP contribution in [0.2, 0.25) is 0 Å².